The van der Waals surface area contributed by atoms with Crippen LogP contribution in [0.5, 0.6) is 0 Å². The molecule has 2 aromatic heterocycles. The standard InChI is InChI=1S/C19H25N5O/c1-22-13-15(11-21-22)14-23-6-3-7-24(9-8-23)19(25)18-10-17(18)16-4-2-5-20-12-16/h2,4-5,11-13,17-18H,3,6-10,14H2,1H3/t17-,18-/m0/s1. The fraction of sp³-hybridized carbons (Fsp3) is 0.526. The molecule has 1 aliphatic carbocycles. The summed E-state index contributed by atoms with van der Waals surface area (Å²) in [6.45, 7) is 4.59. The third kappa shape index (κ3) is 3.74. The number of nitrogens with zero attached hydrogens (tertiary/aromatic N) is 5. The number of hydrogen-bond acceptors (Lipinski definition) is 4. The van der Waals surface area contributed by atoms with Crippen LogP contribution in [0.15, 0.2) is 36.9 Å². The van der Waals surface area contributed by atoms with E-state index in [4.69, 9.17) is 0 Å². The molecule has 2 atom stereocenters. The first kappa shape index (κ1) is 16.3. The molecule has 25 heavy (non-hydrogen) atoms. The second kappa shape index (κ2) is 6.96. The van der Waals surface area contributed by atoms with Crippen molar-refractivity contribution in [2.45, 2.75) is 25.3 Å². The van der Waals surface area contributed by atoms with Gasteiger partial charge in [0.1, 0.15) is 0 Å². The van der Waals surface area contributed by atoms with Crippen LogP contribution in [0, 0.1) is 5.92 Å². The van der Waals surface area contributed by atoms with Crippen LogP contribution in [0.2, 0.25) is 0 Å². The van der Waals surface area contributed by atoms with Crippen molar-refractivity contribution in [1.82, 2.24) is 24.6 Å². The molecule has 1 saturated carbocycles. The quantitative estimate of drug-likeness (QED) is 0.850. The smallest absolute Gasteiger partial charge is 0.226 e. The Kier molecular flexibility index (Phi) is 4.53. The van der Waals surface area contributed by atoms with Gasteiger partial charge in [-0.25, -0.2) is 0 Å². The molecule has 1 amide bonds. The summed E-state index contributed by atoms with van der Waals surface area (Å²) in [5.74, 6) is 0.863. The molecule has 0 spiro atoms. The third-order valence-corrected chi connectivity index (χ3v) is 5.28. The maximum atomic E-state index is 12.8. The molecular formula is C19H25N5O. The Balaban J connectivity index is 1.31. The lowest BCUT2D eigenvalue weighted by atomic mass is 10.1. The molecule has 1 aliphatic heterocycles. The summed E-state index contributed by atoms with van der Waals surface area (Å²) >= 11 is 0. The van der Waals surface area contributed by atoms with Gasteiger partial charge in [-0.2, -0.15) is 5.10 Å². The highest BCUT2D eigenvalue weighted by atomic mass is 16.2. The Morgan fingerprint density at radius 3 is 2.92 bits per heavy atom. The fourth-order valence-electron chi connectivity index (χ4n) is 3.83. The van der Waals surface area contributed by atoms with Crippen LogP contribution in [0.1, 0.15) is 29.9 Å². The Morgan fingerprint density at radius 2 is 2.16 bits per heavy atom. The van der Waals surface area contributed by atoms with Crippen molar-refractivity contribution in [2.24, 2.45) is 13.0 Å². The number of hydrogen-bond donors (Lipinski definition) is 0. The van der Waals surface area contributed by atoms with Gasteiger partial charge in [0.15, 0.2) is 0 Å². The Bertz CT molecular complexity index is 728. The van der Waals surface area contributed by atoms with E-state index in [1.807, 2.05) is 30.2 Å². The second-order valence-corrected chi connectivity index (χ2v) is 7.21. The lowest BCUT2D eigenvalue weighted by Gasteiger charge is -2.22. The minimum absolute atomic E-state index is 0.161. The van der Waals surface area contributed by atoms with Crippen LogP contribution in [0.3, 0.4) is 0 Å². The number of amides is 1. The summed E-state index contributed by atoms with van der Waals surface area (Å²) in [5.41, 5.74) is 2.44. The zero-order chi connectivity index (χ0) is 17.2. The molecule has 6 heteroatoms. The molecule has 2 aromatic rings. The summed E-state index contributed by atoms with van der Waals surface area (Å²) in [6.07, 6.45) is 9.69. The average molecular weight is 339 g/mol. The summed E-state index contributed by atoms with van der Waals surface area (Å²) in [4.78, 5) is 21.5. The van der Waals surface area contributed by atoms with Crippen LogP contribution in [-0.4, -0.2) is 56.7 Å². The van der Waals surface area contributed by atoms with Crippen LogP contribution < -0.4 is 0 Å². The van der Waals surface area contributed by atoms with Gasteiger partial charge in [-0.3, -0.25) is 19.4 Å². The first-order chi connectivity index (χ1) is 12.2. The molecule has 0 unspecified atom stereocenters. The highest BCUT2D eigenvalue weighted by molar-refractivity contribution is 5.83. The van der Waals surface area contributed by atoms with Crippen molar-refractivity contribution in [3.8, 4) is 0 Å². The molecule has 0 aromatic carbocycles. The van der Waals surface area contributed by atoms with Crippen molar-refractivity contribution < 1.29 is 4.79 Å². The number of aryl methyl sites for hydroxylation is 1. The van der Waals surface area contributed by atoms with Crippen LogP contribution in [0.25, 0.3) is 0 Å². The Morgan fingerprint density at radius 1 is 1.24 bits per heavy atom. The minimum atomic E-state index is 0.161. The van der Waals surface area contributed by atoms with E-state index in [-0.39, 0.29) is 5.92 Å². The zero-order valence-corrected chi connectivity index (χ0v) is 14.7. The van der Waals surface area contributed by atoms with E-state index in [2.05, 4.69) is 32.1 Å². The second-order valence-electron chi connectivity index (χ2n) is 7.21. The van der Waals surface area contributed by atoms with E-state index < -0.39 is 0 Å². The summed E-state index contributed by atoms with van der Waals surface area (Å²) in [5, 5.41) is 4.24. The number of rotatable bonds is 4. The monoisotopic (exact) mass is 339 g/mol. The van der Waals surface area contributed by atoms with Gasteiger partial charge in [-0.15, -0.1) is 0 Å². The van der Waals surface area contributed by atoms with Gasteiger partial charge in [-0.1, -0.05) is 6.07 Å². The van der Waals surface area contributed by atoms with Gasteiger partial charge in [-0.05, 0) is 30.4 Å². The van der Waals surface area contributed by atoms with E-state index in [0.717, 1.165) is 45.6 Å². The first-order valence-corrected chi connectivity index (χ1v) is 9.09. The molecule has 0 radical (unpaired) electrons. The molecule has 4 rings (SSSR count). The van der Waals surface area contributed by atoms with E-state index in [1.165, 1.54) is 11.1 Å². The maximum absolute atomic E-state index is 12.8. The maximum Gasteiger partial charge on any atom is 0.226 e. The Labute approximate surface area is 148 Å². The fourth-order valence-corrected chi connectivity index (χ4v) is 3.83. The van der Waals surface area contributed by atoms with Crippen molar-refractivity contribution >= 4 is 5.91 Å². The molecule has 2 aliphatic rings. The molecule has 1 saturated heterocycles. The Hall–Kier alpha value is -2.21. The van der Waals surface area contributed by atoms with E-state index >= 15 is 0 Å². The zero-order valence-electron chi connectivity index (χ0n) is 14.7. The minimum Gasteiger partial charge on any atom is -0.341 e. The summed E-state index contributed by atoms with van der Waals surface area (Å²) in [7, 11) is 1.95. The lowest BCUT2D eigenvalue weighted by Crippen LogP contribution is -2.36. The van der Waals surface area contributed by atoms with Gasteiger partial charge < -0.3 is 4.90 Å². The summed E-state index contributed by atoms with van der Waals surface area (Å²) in [6, 6.07) is 4.04. The van der Waals surface area contributed by atoms with E-state index in [0.29, 0.717) is 11.8 Å². The molecule has 2 fully saturated rings. The van der Waals surface area contributed by atoms with Crippen molar-refractivity contribution in [2.75, 3.05) is 26.2 Å². The van der Waals surface area contributed by atoms with Gasteiger partial charge in [0, 0.05) is 69.8 Å². The van der Waals surface area contributed by atoms with Crippen molar-refractivity contribution in [1.29, 1.82) is 0 Å². The van der Waals surface area contributed by atoms with E-state index in [9.17, 15) is 4.79 Å². The molecular weight excluding hydrogens is 314 g/mol. The predicted octanol–water partition coefficient (Wildman–Crippen LogP) is 1.65. The van der Waals surface area contributed by atoms with Crippen LogP contribution in [-0.2, 0) is 18.4 Å². The normalized spacial score (nSPS) is 24.1. The number of aromatic nitrogens is 3. The molecule has 132 valence electrons. The van der Waals surface area contributed by atoms with Crippen molar-refractivity contribution in [3.63, 3.8) is 0 Å². The predicted molar refractivity (Wildman–Crippen MR) is 94.8 cm³/mol. The van der Waals surface area contributed by atoms with Gasteiger partial charge in [0.25, 0.3) is 0 Å². The molecule has 3 heterocycles. The first-order valence-electron chi connectivity index (χ1n) is 9.09. The topological polar surface area (TPSA) is 54.3 Å². The third-order valence-electron chi connectivity index (χ3n) is 5.28. The van der Waals surface area contributed by atoms with Crippen LogP contribution in [0.4, 0.5) is 0 Å². The SMILES string of the molecule is Cn1cc(CN2CCCN(C(=O)[C@H]3C[C@H]3c3cccnc3)CC2)cn1. The van der Waals surface area contributed by atoms with Crippen molar-refractivity contribution in [3.05, 3.63) is 48.0 Å². The number of pyridine rings is 1. The lowest BCUT2D eigenvalue weighted by molar-refractivity contribution is -0.132. The molecule has 0 N–H and O–H groups in total. The van der Waals surface area contributed by atoms with Gasteiger partial charge in [0.05, 0.1) is 6.20 Å². The summed E-state index contributed by atoms with van der Waals surface area (Å²) < 4.78 is 1.84. The highest BCUT2D eigenvalue weighted by Crippen LogP contribution is 2.48. The highest BCUT2D eigenvalue weighted by Gasteiger charge is 2.45. The number of carbonyl (C=O) groups excluding carboxylic acids is 1. The molecule has 6 nitrogen and oxygen atoms in total. The van der Waals surface area contributed by atoms with Gasteiger partial charge >= 0.3 is 0 Å². The average Bonchev–Trinajstić information content (AvgIpc) is 3.37. The molecule has 0 bridgehead atoms. The van der Waals surface area contributed by atoms with Gasteiger partial charge in [0.2, 0.25) is 5.91 Å². The number of carbonyl (C=O) groups is 1. The van der Waals surface area contributed by atoms with E-state index in [1.54, 1.807) is 6.20 Å². The van der Waals surface area contributed by atoms with Crippen LogP contribution >= 0.6 is 0 Å². The largest absolute Gasteiger partial charge is 0.341 e.